The van der Waals surface area contributed by atoms with Crippen molar-refractivity contribution in [3.05, 3.63) is 59.9 Å². The van der Waals surface area contributed by atoms with E-state index in [0.29, 0.717) is 11.3 Å². The van der Waals surface area contributed by atoms with Crippen molar-refractivity contribution >= 4 is 21.6 Å². The van der Waals surface area contributed by atoms with Gasteiger partial charge in [-0.2, -0.15) is 0 Å². The van der Waals surface area contributed by atoms with Crippen LogP contribution >= 0.6 is 0 Å². The number of carbonyl (C=O) groups excluding carboxylic acids is 1. The molecule has 1 saturated carbocycles. The van der Waals surface area contributed by atoms with Crippen LogP contribution < -0.4 is 15.8 Å². The molecular weight excluding hydrogens is 369 g/mol. The van der Waals surface area contributed by atoms with Crippen LogP contribution in [0.5, 0.6) is 0 Å². The van der Waals surface area contributed by atoms with Gasteiger partial charge in [-0.3, -0.25) is 4.79 Å². The Hall–Kier alpha value is -2.29. The molecule has 0 aliphatic heterocycles. The van der Waals surface area contributed by atoms with Crippen molar-refractivity contribution in [1.29, 1.82) is 0 Å². The third-order valence-electron chi connectivity index (χ3n) is 4.62. The van der Waals surface area contributed by atoms with Gasteiger partial charge in [-0.1, -0.05) is 0 Å². The maximum Gasteiger partial charge on any atom is 0.255 e. The molecule has 1 fully saturated rings. The van der Waals surface area contributed by atoms with E-state index in [4.69, 9.17) is 5.73 Å². The molecule has 0 aromatic heterocycles. The fourth-order valence-electron chi connectivity index (χ4n) is 3.05. The van der Waals surface area contributed by atoms with E-state index in [9.17, 15) is 17.6 Å². The lowest BCUT2D eigenvalue weighted by atomic mass is 9.93. The molecule has 2 aromatic carbocycles. The SMILES string of the molecule is NC1CCC(NS(=O)(=O)c2ccc(NC(=O)c3ccc(F)cc3)cc2)CC1. The van der Waals surface area contributed by atoms with Crippen molar-refractivity contribution in [1.82, 2.24) is 4.72 Å². The summed E-state index contributed by atoms with van der Waals surface area (Å²) in [5, 5.41) is 2.65. The highest BCUT2D eigenvalue weighted by atomic mass is 32.2. The van der Waals surface area contributed by atoms with E-state index in [1.54, 1.807) is 0 Å². The maximum atomic E-state index is 12.9. The molecule has 0 bridgehead atoms. The molecule has 2 aromatic rings. The summed E-state index contributed by atoms with van der Waals surface area (Å²) in [5.41, 5.74) is 6.61. The Morgan fingerprint density at radius 2 is 1.56 bits per heavy atom. The highest BCUT2D eigenvalue weighted by Crippen LogP contribution is 2.20. The van der Waals surface area contributed by atoms with E-state index in [-0.39, 0.29) is 17.0 Å². The third kappa shape index (κ3) is 5.12. The van der Waals surface area contributed by atoms with Crippen molar-refractivity contribution in [2.75, 3.05) is 5.32 Å². The number of amides is 1. The van der Waals surface area contributed by atoms with Crippen LogP contribution in [0.4, 0.5) is 10.1 Å². The standard InChI is InChI=1S/C19H22FN3O3S/c20-14-3-1-13(2-4-14)19(24)22-16-9-11-18(12-10-16)27(25,26)23-17-7-5-15(21)6-8-17/h1-4,9-12,15,17,23H,5-8,21H2,(H,22,24). The topological polar surface area (TPSA) is 101 Å². The van der Waals surface area contributed by atoms with Crippen molar-refractivity contribution in [2.45, 2.75) is 42.7 Å². The molecule has 8 heteroatoms. The largest absolute Gasteiger partial charge is 0.328 e. The summed E-state index contributed by atoms with van der Waals surface area (Å²) in [7, 11) is -3.62. The average Bonchev–Trinajstić information content (AvgIpc) is 2.64. The first kappa shape index (κ1) is 19.5. The zero-order valence-electron chi connectivity index (χ0n) is 14.7. The molecule has 6 nitrogen and oxygen atoms in total. The second-order valence-electron chi connectivity index (χ2n) is 6.72. The smallest absolute Gasteiger partial charge is 0.255 e. The normalized spacial score (nSPS) is 20.2. The number of anilines is 1. The number of carbonyl (C=O) groups is 1. The molecule has 0 spiro atoms. The minimum atomic E-state index is -3.62. The lowest BCUT2D eigenvalue weighted by Gasteiger charge is -2.26. The van der Waals surface area contributed by atoms with E-state index in [0.717, 1.165) is 25.7 Å². The number of benzene rings is 2. The number of hydrogen-bond acceptors (Lipinski definition) is 4. The van der Waals surface area contributed by atoms with Gasteiger partial charge in [0.1, 0.15) is 5.82 Å². The van der Waals surface area contributed by atoms with E-state index in [2.05, 4.69) is 10.0 Å². The summed E-state index contributed by atoms with van der Waals surface area (Å²) >= 11 is 0. The minimum Gasteiger partial charge on any atom is -0.328 e. The zero-order chi connectivity index (χ0) is 19.4. The average molecular weight is 391 g/mol. The van der Waals surface area contributed by atoms with Crippen LogP contribution in [0.3, 0.4) is 0 Å². The van der Waals surface area contributed by atoms with E-state index in [1.165, 1.54) is 48.5 Å². The number of nitrogens with one attached hydrogen (secondary N) is 2. The Kier molecular flexibility index (Phi) is 5.88. The summed E-state index contributed by atoms with van der Waals surface area (Å²) in [5.74, 6) is -0.823. The molecule has 4 N–H and O–H groups in total. The first-order chi connectivity index (χ1) is 12.8. The van der Waals surface area contributed by atoms with Gasteiger partial charge < -0.3 is 11.1 Å². The number of sulfonamides is 1. The van der Waals surface area contributed by atoms with E-state index < -0.39 is 21.7 Å². The highest BCUT2D eigenvalue weighted by molar-refractivity contribution is 7.89. The van der Waals surface area contributed by atoms with E-state index in [1.807, 2.05) is 0 Å². The summed E-state index contributed by atoms with van der Waals surface area (Å²) in [6, 6.07) is 11.1. The Bertz CT molecular complexity index is 891. The van der Waals surface area contributed by atoms with Crippen LogP contribution in [-0.4, -0.2) is 26.4 Å². The summed E-state index contributed by atoms with van der Waals surface area (Å²) in [6.45, 7) is 0. The molecule has 3 rings (SSSR count). The highest BCUT2D eigenvalue weighted by Gasteiger charge is 2.24. The molecule has 27 heavy (non-hydrogen) atoms. The molecule has 0 radical (unpaired) electrons. The van der Waals surface area contributed by atoms with Crippen LogP contribution in [-0.2, 0) is 10.0 Å². The summed E-state index contributed by atoms with van der Waals surface area (Å²) in [4.78, 5) is 12.3. The van der Waals surface area contributed by atoms with Crippen LogP contribution in [0, 0.1) is 5.82 Å². The fourth-order valence-corrected chi connectivity index (χ4v) is 4.35. The van der Waals surface area contributed by atoms with Crippen molar-refractivity contribution in [3.8, 4) is 0 Å². The van der Waals surface area contributed by atoms with Crippen LogP contribution in [0.15, 0.2) is 53.4 Å². The quantitative estimate of drug-likeness (QED) is 0.729. The molecule has 0 atom stereocenters. The predicted molar refractivity (Wildman–Crippen MR) is 101 cm³/mol. The third-order valence-corrected chi connectivity index (χ3v) is 6.16. The molecule has 144 valence electrons. The number of hydrogen-bond donors (Lipinski definition) is 3. The number of nitrogens with two attached hydrogens (primary N) is 1. The van der Waals surface area contributed by atoms with Crippen LogP contribution in [0.25, 0.3) is 0 Å². The first-order valence-corrected chi connectivity index (χ1v) is 10.3. The van der Waals surface area contributed by atoms with Crippen LogP contribution in [0.1, 0.15) is 36.0 Å². The Labute approximate surface area is 158 Å². The van der Waals surface area contributed by atoms with Gasteiger partial charge in [-0.15, -0.1) is 0 Å². The Morgan fingerprint density at radius 3 is 2.15 bits per heavy atom. The van der Waals surface area contributed by atoms with E-state index >= 15 is 0 Å². The van der Waals surface area contributed by atoms with Crippen molar-refractivity contribution < 1.29 is 17.6 Å². The van der Waals surface area contributed by atoms with Gasteiger partial charge in [-0.05, 0) is 74.2 Å². The molecular formula is C19H22FN3O3S. The van der Waals surface area contributed by atoms with Gasteiger partial charge in [0.15, 0.2) is 0 Å². The minimum absolute atomic E-state index is 0.104. The molecule has 0 heterocycles. The van der Waals surface area contributed by atoms with Gasteiger partial charge in [0.05, 0.1) is 4.90 Å². The van der Waals surface area contributed by atoms with Gasteiger partial charge >= 0.3 is 0 Å². The predicted octanol–water partition coefficient (Wildman–Crippen LogP) is 2.63. The second kappa shape index (κ2) is 8.16. The molecule has 1 aliphatic carbocycles. The summed E-state index contributed by atoms with van der Waals surface area (Å²) < 4.78 is 40.6. The Morgan fingerprint density at radius 1 is 0.963 bits per heavy atom. The Balaban J connectivity index is 1.63. The zero-order valence-corrected chi connectivity index (χ0v) is 15.5. The second-order valence-corrected chi connectivity index (χ2v) is 8.43. The fraction of sp³-hybridized carbons (Fsp3) is 0.316. The summed E-state index contributed by atoms with van der Waals surface area (Å²) in [6.07, 6.45) is 3.07. The van der Waals surface area contributed by atoms with Gasteiger partial charge in [0, 0.05) is 23.3 Å². The molecule has 1 aliphatic rings. The molecule has 1 amide bonds. The molecule has 0 unspecified atom stereocenters. The maximum absolute atomic E-state index is 12.9. The van der Waals surface area contributed by atoms with Gasteiger partial charge in [0.2, 0.25) is 10.0 Å². The molecule has 0 saturated heterocycles. The first-order valence-electron chi connectivity index (χ1n) is 8.78. The lowest BCUT2D eigenvalue weighted by Crippen LogP contribution is -2.40. The number of rotatable bonds is 5. The number of halogens is 1. The monoisotopic (exact) mass is 391 g/mol. The van der Waals surface area contributed by atoms with Crippen molar-refractivity contribution in [3.63, 3.8) is 0 Å². The van der Waals surface area contributed by atoms with Crippen molar-refractivity contribution in [2.24, 2.45) is 5.73 Å². The van der Waals surface area contributed by atoms with Gasteiger partial charge in [0.25, 0.3) is 5.91 Å². The lowest BCUT2D eigenvalue weighted by molar-refractivity contribution is 0.102. The van der Waals surface area contributed by atoms with Gasteiger partial charge in [-0.25, -0.2) is 17.5 Å². The van der Waals surface area contributed by atoms with Crippen LogP contribution in [0.2, 0.25) is 0 Å².